The van der Waals surface area contributed by atoms with Crippen LogP contribution in [0.2, 0.25) is 5.15 Å². The number of carbonyl (C=O) groups is 1. The summed E-state index contributed by atoms with van der Waals surface area (Å²) in [6, 6.07) is 1.44. The number of aromatic nitrogens is 4. The van der Waals surface area contributed by atoms with E-state index in [0.717, 1.165) is 0 Å². The van der Waals surface area contributed by atoms with Gasteiger partial charge >= 0.3 is 0 Å². The van der Waals surface area contributed by atoms with Crippen molar-refractivity contribution in [3.05, 3.63) is 28.9 Å². The zero-order chi connectivity index (χ0) is 12.4. The molecule has 0 aliphatic rings. The molecule has 0 aromatic carbocycles. The number of aryl methyl sites for hydroxylation is 1. The molecule has 0 atom stereocenters. The van der Waals surface area contributed by atoms with E-state index in [1.165, 1.54) is 17.1 Å². The summed E-state index contributed by atoms with van der Waals surface area (Å²) in [5.41, 5.74) is 0.903. The first-order valence-electron chi connectivity index (χ1n) is 4.77. The molecule has 88 valence electrons. The van der Waals surface area contributed by atoms with E-state index in [9.17, 15) is 9.18 Å². The first-order valence-corrected chi connectivity index (χ1v) is 5.15. The molecule has 0 radical (unpaired) electrons. The van der Waals surface area contributed by atoms with Crippen molar-refractivity contribution in [3.63, 3.8) is 0 Å². The number of nitrogens with zero attached hydrogens (tertiary/aromatic N) is 4. The monoisotopic (exact) mass is 254 g/mol. The number of hydrogen-bond donors (Lipinski definition) is 0. The van der Waals surface area contributed by atoms with E-state index in [2.05, 4.69) is 15.2 Å². The Morgan fingerprint density at radius 2 is 2.29 bits per heavy atom. The molecule has 2 aromatic heterocycles. The lowest BCUT2D eigenvalue weighted by atomic mass is 10.1. The maximum absolute atomic E-state index is 13.8. The molecule has 0 bridgehead atoms. The van der Waals surface area contributed by atoms with Gasteiger partial charge < -0.3 is 4.79 Å². The SMILES string of the molecule is Cn1nc(CC=O)c(-c2ccnc(Cl)c2F)n1. The second-order valence-corrected chi connectivity index (χ2v) is 3.68. The summed E-state index contributed by atoms with van der Waals surface area (Å²) < 4.78 is 13.8. The summed E-state index contributed by atoms with van der Waals surface area (Å²) in [6.45, 7) is 0. The molecule has 0 saturated heterocycles. The molecule has 0 aliphatic carbocycles. The molecule has 17 heavy (non-hydrogen) atoms. The standard InChI is InChI=1S/C10H8ClFN4O/c1-16-14-7(3-5-17)9(15-16)6-2-4-13-10(11)8(6)12/h2,4-5H,3H2,1H3. The first-order chi connectivity index (χ1) is 8.13. The van der Waals surface area contributed by atoms with Gasteiger partial charge in [-0.25, -0.2) is 9.37 Å². The average Bonchev–Trinajstić information content (AvgIpc) is 2.64. The van der Waals surface area contributed by atoms with E-state index < -0.39 is 5.82 Å². The van der Waals surface area contributed by atoms with Crippen molar-refractivity contribution < 1.29 is 9.18 Å². The van der Waals surface area contributed by atoms with Gasteiger partial charge in [0.15, 0.2) is 11.0 Å². The Hall–Kier alpha value is -1.82. The third kappa shape index (κ3) is 2.16. The van der Waals surface area contributed by atoms with Gasteiger partial charge in [-0.15, -0.1) is 0 Å². The van der Waals surface area contributed by atoms with Crippen molar-refractivity contribution in [2.24, 2.45) is 7.05 Å². The zero-order valence-electron chi connectivity index (χ0n) is 8.89. The topological polar surface area (TPSA) is 60.7 Å². The van der Waals surface area contributed by atoms with Gasteiger partial charge in [-0.05, 0) is 6.07 Å². The van der Waals surface area contributed by atoms with Gasteiger partial charge in [-0.1, -0.05) is 11.6 Å². The second-order valence-electron chi connectivity index (χ2n) is 3.32. The highest BCUT2D eigenvalue weighted by Crippen LogP contribution is 2.26. The van der Waals surface area contributed by atoms with Crippen LogP contribution in [0, 0.1) is 5.82 Å². The zero-order valence-corrected chi connectivity index (χ0v) is 9.65. The predicted molar refractivity (Wildman–Crippen MR) is 59.0 cm³/mol. The van der Waals surface area contributed by atoms with Crippen molar-refractivity contribution in [1.82, 2.24) is 20.0 Å². The van der Waals surface area contributed by atoms with E-state index >= 15 is 0 Å². The fourth-order valence-electron chi connectivity index (χ4n) is 1.47. The van der Waals surface area contributed by atoms with Crippen LogP contribution in [0.4, 0.5) is 4.39 Å². The lowest BCUT2D eigenvalue weighted by Crippen LogP contribution is -1.94. The van der Waals surface area contributed by atoms with Crippen LogP contribution < -0.4 is 0 Å². The molecule has 0 saturated carbocycles. The van der Waals surface area contributed by atoms with Crippen LogP contribution >= 0.6 is 11.6 Å². The summed E-state index contributed by atoms with van der Waals surface area (Å²) in [6.07, 6.45) is 2.14. The smallest absolute Gasteiger partial charge is 0.169 e. The Bertz CT molecular complexity index is 569. The highest BCUT2D eigenvalue weighted by molar-refractivity contribution is 6.29. The maximum atomic E-state index is 13.8. The van der Waals surface area contributed by atoms with Crippen molar-refractivity contribution >= 4 is 17.9 Å². The number of halogens is 2. The largest absolute Gasteiger partial charge is 0.303 e. The Morgan fingerprint density at radius 1 is 1.53 bits per heavy atom. The van der Waals surface area contributed by atoms with Gasteiger partial charge in [-0.2, -0.15) is 15.0 Å². The lowest BCUT2D eigenvalue weighted by Gasteiger charge is -2.01. The molecule has 2 aromatic rings. The lowest BCUT2D eigenvalue weighted by molar-refractivity contribution is -0.107. The Balaban J connectivity index is 2.59. The number of aldehydes is 1. The molecule has 0 N–H and O–H groups in total. The van der Waals surface area contributed by atoms with E-state index in [4.69, 9.17) is 11.6 Å². The predicted octanol–water partition coefficient (Wildman–Crippen LogP) is 1.41. The molecule has 0 amide bonds. The van der Waals surface area contributed by atoms with Crippen LogP contribution in [0.25, 0.3) is 11.3 Å². The second kappa shape index (κ2) is 4.58. The van der Waals surface area contributed by atoms with Crippen LogP contribution in [0.5, 0.6) is 0 Å². The molecular formula is C10H8ClFN4O. The third-order valence-electron chi connectivity index (χ3n) is 2.16. The molecule has 2 rings (SSSR count). The van der Waals surface area contributed by atoms with E-state index in [1.807, 2.05) is 0 Å². The number of hydrogen-bond acceptors (Lipinski definition) is 4. The molecule has 5 nitrogen and oxygen atoms in total. The van der Waals surface area contributed by atoms with Gasteiger partial charge in [0.1, 0.15) is 12.0 Å². The molecule has 0 spiro atoms. The normalized spacial score (nSPS) is 10.5. The van der Waals surface area contributed by atoms with Crippen molar-refractivity contribution in [1.29, 1.82) is 0 Å². The minimum absolute atomic E-state index is 0.0720. The summed E-state index contributed by atoms with van der Waals surface area (Å²) >= 11 is 5.59. The van der Waals surface area contributed by atoms with E-state index in [0.29, 0.717) is 17.7 Å². The third-order valence-corrected chi connectivity index (χ3v) is 2.43. The van der Waals surface area contributed by atoms with Crippen molar-refractivity contribution in [3.8, 4) is 11.3 Å². The fourth-order valence-corrected chi connectivity index (χ4v) is 1.63. The molecule has 0 aliphatic heterocycles. The van der Waals surface area contributed by atoms with Crippen molar-refractivity contribution in [2.75, 3.05) is 0 Å². The highest BCUT2D eigenvalue weighted by atomic mass is 35.5. The minimum Gasteiger partial charge on any atom is -0.303 e. The number of carbonyl (C=O) groups excluding carboxylic acids is 1. The van der Waals surface area contributed by atoms with E-state index in [-0.39, 0.29) is 17.1 Å². The van der Waals surface area contributed by atoms with Crippen LogP contribution in [-0.4, -0.2) is 26.3 Å². The quantitative estimate of drug-likeness (QED) is 0.614. The molecule has 2 heterocycles. The van der Waals surface area contributed by atoms with Crippen LogP contribution in [0.15, 0.2) is 12.3 Å². The van der Waals surface area contributed by atoms with Crippen LogP contribution in [0.1, 0.15) is 5.69 Å². The minimum atomic E-state index is -0.665. The highest BCUT2D eigenvalue weighted by Gasteiger charge is 2.17. The first kappa shape index (κ1) is 11.7. The molecule has 0 unspecified atom stereocenters. The van der Waals surface area contributed by atoms with Crippen LogP contribution in [0.3, 0.4) is 0 Å². The fraction of sp³-hybridized carbons (Fsp3) is 0.200. The van der Waals surface area contributed by atoms with Gasteiger partial charge in [-0.3, -0.25) is 0 Å². The van der Waals surface area contributed by atoms with Crippen molar-refractivity contribution in [2.45, 2.75) is 6.42 Å². The Labute approximate surface area is 101 Å². The Morgan fingerprint density at radius 3 is 3.00 bits per heavy atom. The molecule has 7 heteroatoms. The molecular weight excluding hydrogens is 247 g/mol. The number of pyridine rings is 1. The summed E-state index contributed by atoms with van der Waals surface area (Å²) in [5.74, 6) is -0.665. The maximum Gasteiger partial charge on any atom is 0.169 e. The summed E-state index contributed by atoms with van der Waals surface area (Å²) in [7, 11) is 1.60. The molecule has 0 fully saturated rings. The average molecular weight is 255 g/mol. The number of rotatable bonds is 3. The van der Waals surface area contributed by atoms with Crippen LogP contribution in [-0.2, 0) is 18.3 Å². The van der Waals surface area contributed by atoms with Gasteiger partial charge in [0, 0.05) is 25.2 Å². The Kier molecular flexibility index (Phi) is 3.14. The summed E-state index contributed by atoms with van der Waals surface area (Å²) in [4.78, 5) is 15.4. The van der Waals surface area contributed by atoms with Gasteiger partial charge in [0.05, 0.1) is 5.69 Å². The van der Waals surface area contributed by atoms with Gasteiger partial charge in [0.25, 0.3) is 0 Å². The van der Waals surface area contributed by atoms with E-state index in [1.54, 1.807) is 7.05 Å². The van der Waals surface area contributed by atoms with Gasteiger partial charge in [0.2, 0.25) is 0 Å². The summed E-state index contributed by atoms with van der Waals surface area (Å²) in [5, 5.41) is 7.78.